The van der Waals surface area contributed by atoms with E-state index in [1.165, 1.54) is 77.2 Å². The van der Waals surface area contributed by atoms with E-state index in [1.807, 2.05) is 0 Å². The Labute approximate surface area is 376 Å². The van der Waals surface area contributed by atoms with Crippen molar-refractivity contribution < 1.29 is 4.42 Å². The van der Waals surface area contributed by atoms with E-state index >= 15 is 0 Å². The molecule has 0 N–H and O–H groups in total. The highest BCUT2D eigenvalue weighted by molar-refractivity contribution is 6.16. The Morgan fingerprint density at radius 2 is 0.831 bits per heavy atom. The molecule has 1 heterocycles. The molecule has 0 fully saturated rings. The third-order valence-electron chi connectivity index (χ3n) is 14.2. The summed E-state index contributed by atoms with van der Waals surface area (Å²) < 4.78 is 6.66. The fraction of sp³-hybridized carbons (Fsp3) is 0.0159. The van der Waals surface area contributed by atoms with Crippen molar-refractivity contribution >= 4 is 60.5 Å². The van der Waals surface area contributed by atoms with Crippen LogP contribution in [0.25, 0.3) is 88.0 Å². The van der Waals surface area contributed by atoms with Crippen LogP contribution in [0.4, 0.5) is 17.1 Å². The second-order valence-electron chi connectivity index (χ2n) is 17.6. The van der Waals surface area contributed by atoms with Crippen LogP contribution in [0.1, 0.15) is 22.3 Å². The quantitative estimate of drug-likeness (QED) is 0.172. The lowest BCUT2D eigenvalue weighted by Crippen LogP contribution is -2.26. The largest absolute Gasteiger partial charge is 0.456 e. The molecule has 2 nitrogen and oxygen atoms in total. The Morgan fingerprint density at radius 1 is 0.323 bits per heavy atom. The highest BCUT2D eigenvalue weighted by Gasteiger charge is 2.51. The molecular weight excluding hydrogens is 787 g/mol. The van der Waals surface area contributed by atoms with E-state index in [0.717, 1.165) is 50.1 Å². The summed E-state index contributed by atoms with van der Waals surface area (Å²) in [6.45, 7) is 0. The molecule has 1 spiro atoms. The predicted octanol–water partition coefficient (Wildman–Crippen LogP) is 17.0. The van der Waals surface area contributed by atoms with Crippen molar-refractivity contribution in [3.05, 3.63) is 259 Å². The number of anilines is 3. The minimum Gasteiger partial charge on any atom is -0.456 e. The molecule has 0 unspecified atom stereocenters. The number of rotatable bonds is 5. The summed E-state index contributed by atoms with van der Waals surface area (Å²) in [7, 11) is 0. The number of para-hydroxylation sites is 1. The van der Waals surface area contributed by atoms with Gasteiger partial charge in [-0.1, -0.05) is 188 Å². The van der Waals surface area contributed by atoms with Gasteiger partial charge in [-0.3, -0.25) is 0 Å². The molecule has 11 aromatic carbocycles. The van der Waals surface area contributed by atoms with E-state index in [1.54, 1.807) is 0 Å². The third-order valence-corrected chi connectivity index (χ3v) is 14.2. The van der Waals surface area contributed by atoms with Crippen molar-refractivity contribution in [2.45, 2.75) is 5.41 Å². The monoisotopic (exact) mass is 825 g/mol. The molecule has 0 atom stereocenters. The first-order valence-corrected chi connectivity index (χ1v) is 22.5. The maximum absolute atomic E-state index is 6.66. The number of hydrogen-bond donors (Lipinski definition) is 0. The molecular formula is C63H39NO. The Morgan fingerprint density at radius 3 is 1.52 bits per heavy atom. The van der Waals surface area contributed by atoms with Gasteiger partial charge < -0.3 is 9.32 Å². The van der Waals surface area contributed by atoms with Gasteiger partial charge in [-0.15, -0.1) is 0 Å². The van der Waals surface area contributed by atoms with Crippen molar-refractivity contribution in [2.75, 3.05) is 4.90 Å². The zero-order valence-corrected chi connectivity index (χ0v) is 35.4. The number of benzene rings is 11. The first-order chi connectivity index (χ1) is 32.2. The minimum absolute atomic E-state index is 0.476. The minimum atomic E-state index is -0.476. The van der Waals surface area contributed by atoms with Gasteiger partial charge in [0.25, 0.3) is 0 Å². The van der Waals surface area contributed by atoms with Crippen molar-refractivity contribution in [3.8, 4) is 44.5 Å². The average molecular weight is 826 g/mol. The molecule has 0 bridgehead atoms. The smallest absolute Gasteiger partial charge is 0.136 e. The summed E-state index contributed by atoms with van der Waals surface area (Å²) in [5, 5.41) is 7.08. The molecule has 0 aliphatic heterocycles. The summed E-state index contributed by atoms with van der Waals surface area (Å²) in [5.41, 5.74) is 19.6. The van der Waals surface area contributed by atoms with E-state index < -0.39 is 5.41 Å². The standard InChI is InChI=1S/C63H39NO/c1-3-15-44-37-46(30-27-40(44)13-1)42-25-28-43(29-26-42)61-58(35-36-60-62(61)53-20-8-12-24-59(53)65-60)64(47-32-31-41-14-2-4-16-45(41)38-47)48-33-34-52-51-19-7-11-23-56(51)63(57(52)39-48)54-21-9-5-17-49(54)50-18-6-10-22-55(50)63/h1-39H. The number of furan rings is 1. The highest BCUT2D eigenvalue weighted by atomic mass is 16.3. The molecule has 1 aromatic heterocycles. The van der Waals surface area contributed by atoms with Gasteiger partial charge in [0, 0.05) is 27.7 Å². The second-order valence-corrected chi connectivity index (χ2v) is 17.6. The molecule has 2 heteroatoms. The molecule has 0 amide bonds. The Bertz CT molecular complexity index is 3850. The van der Waals surface area contributed by atoms with Gasteiger partial charge in [0.05, 0.1) is 11.1 Å². The van der Waals surface area contributed by atoms with Crippen LogP contribution < -0.4 is 4.90 Å². The van der Waals surface area contributed by atoms with Gasteiger partial charge in [0.1, 0.15) is 11.2 Å². The van der Waals surface area contributed by atoms with E-state index in [0.29, 0.717) is 0 Å². The van der Waals surface area contributed by atoms with Crippen molar-refractivity contribution in [3.63, 3.8) is 0 Å². The fourth-order valence-corrected chi connectivity index (χ4v) is 11.4. The van der Waals surface area contributed by atoms with Crippen molar-refractivity contribution in [2.24, 2.45) is 0 Å². The molecule has 2 aliphatic carbocycles. The second kappa shape index (κ2) is 13.8. The summed E-state index contributed by atoms with van der Waals surface area (Å²) in [6, 6.07) is 87.2. The molecule has 12 aromatic rings. The predicted molar refractivity (Wildman–Crippen MR) is 271 cm³/mol. The van der Waals surface area contributed by atoms with Gasteiger partial charge in [0.2, 0.25) is 0 Å². The van der Waals surface area contributed by atoms with Crippen LogP contribution in [0.3, 0.4) is 0 Å². The fourth-order valence-electron chi connectivity index (χ4n) is 11.4. The van der Waals surface area contributed by atoms with Crippen LogP contribution in [-0.4, -0.2) is 0 Å². The van der Waals surface area contributed by atoms with Gasteiger partial charge in [-0.2, -0.15) is 0 Å². The van der Waals surface area contributed by atoms with Gasteiger partial charge in [-0.25, -0.2) is 0 Å². The van der Waals surface area contributed by atoms with Crippen LogP contribution in [0.5, 0.6) is 0 Å². The van der Waals surface area contributed by atoms with Gasteiger partial charge in [-0.05, 0) is 131 Å². The summed E-state index contributed by atoms with van der Waals surface area (Å²) >= 11 is 0. The highest BCUT2D eigenvalue weighted by Crippen LogP contribution is 2.63. The van der Waals surface area contributed by atoms with Crippen LogP contribution in [0.2, 0.25) is 0 Å². The molecule has 302 valence electrons. The number of hydrogen-bond acceptors (Lipinski definition) is 2. The van der Waals surface area contributed by atoms with Crippen LogP contribution in [0, 0.1) is 0 Å². The Kier molecular flexibility index (Phi) is 7.64. The molecule has 65 heavy (non-hydrogen) atoms. The van der Waals surface area contributed by atoms with Crippen molar-refractivity contribution in [1.29, 1.82) is 0 Å². The van der Waals surface area contributed by atoms with Crippen LogP contribution in [-0.2, 0) is 5.41 Å². The number of nitrogens with zero attached hydrogens (tertiary/aromatic N) is 1. The molecule has 0 saturated carbocycles. The average Bonchev–Trinajstić information content (AvgIpc) is 4.00. The lowest BCUT2D eigenvalue weighted by atomic mass is 9.70. The lowest BCUT2D eigenvalue weighted by Gasteiger charge is -2.33. The molecule has 0 radical (unpaired) electrons. The van der Waals surface area contributed by atoms with Gasteiger partial charge >= 0.3 is 0 Å². The normalized spacial score (nSPS) is 13.0. The molecule has 14 rings (SSSR count). The first kappa shape index (κ1) is 36.1. The van der Waals surface area contributed by atoms with E-state index in [4.69, 9.17) is 4.42 Å². The zero-order chi connectivity index (χ0) is 42.6. The summed E-state index contributed by atoms with van der Waals surface area (Å²) in [5.74, 6) is 0. The van der Waals surface area contributed by atoms with E-state index in [2.05, 4.69) is 241 Å². The van der Waals surface area contributed by atoms with E-state index in [-0.39, 0.29) is 0 Å². The van der Waals surface area contributed by atoms with E-state index in [9.17, 15) is 0 Å². The Balaban J connectivity index is 1.04. The topological polar surface area (TPSA) is 16.4 Å². The Hall–Kier alpha value is -8.46. The van der Waals surface area contributed by atoms with Crippen molar-refractivity contribution in [1.82, 2.24) is 0 Å². The SMILES string of the molecule is c1ccc2c(c1)-c1ccccc1C21c2ccccc2-c2ccc(N(c3ccc4ccccc4c3)c3ccc4oc5ccccc5c4c3-c3ccc(-c4ccc5ccccc5c4)cc3)cc21. The zero-order valence-electron chi connectivity index (χ0n) is 35.4. The molecule has 0 saturated heterocycles. The maximum atomic E-state index is 6.66. The summed E-state index contributed by atoms with van der Waals surface area (Å²) in [6.07, 6.45) is 0. The summed E-state index contributed by atoms with van der Waals surface area (Å²) in [4.78, 5) is 2.49. The first-order valence-electron chi connectivity index (χ1n) is 22.5. The third kappa shape index (κ3) is 5.17. The van der Waals surface area contributed by atoms with Gasteiger partial charge in [0.15, 0.2) is 0 Å². The lowest BCUT2D eigenvalue weighted by molar-refractivity contribution is 0.669. The molecule has 2 aliphatic rings. The number of fused-ring (bicyclic) bond motifs is 15. The van der Waals surface area contributed by atoms with Crippen LogP contribution in [0.15, 0.2) is 241 Å². The van der Waals surface area contributed by atoms with Crippen LogP contribution >= 0.6 is 0 Å². The maximum Gasteiger partial charge on any atom is 0.136 e.